The topological polar surface area (TPSA) is 99.1 Å². The van der Waals surface area contributed by atoms with E-state index in [2.05, 4.69) is 58.9 Å². The number of hydrogen-bond donors (Lipinski definition) is 3. The molecule has 7 heteroatoms. The quantitative estimate of drug-likeness (QED) is 0.697. The molecule has 2 aromatic rings. The number of hydroxylamine groups is 1. The van der Waals surface area contributed by atoms with Crippen LogP contribution in [0.5, 0.6) is 0 Å². The van der Waals surface area contributed by atoms with Crippen LogP contribution in [0.4, 0.5) is 5.69 Å². The molecule has 0 unspecified atom stereocenters. The minimum absolute atomic E-state index is 0.235. The first-order valence-electron chi connectivity index (χ1n) is 8.73. The predicted molar refractivity (Wildman–Crippen MR) is 99.6 cm³/mol. The molecule has 0 aromatic heterocycles. The Kier molecular flexibility index (Phi) is 5.73. The summed E-state index contributed by atoms with van der Waals surface area (Å²) in [6.45, 7) is 0.886. The SMILES string of the molecule is CNC[C@H]1C[C@@H]2c3ccccc3Cc3ccccc3N2O1.O=C(O)C(=O)O. The van der Waals surface area contributed by atoms with Crippen LogP contribution in [0.15, 0.2) is 48.5 Å². The van der Waals surface area contributed by atoms with Crippen LogP contribution in [0.25, 0.3) is 0 Å². The molecule has 2 aliphatic heterocycles. The number of nitrogens with one attached hydrogen (secondary N) is 1. The first kappa shape index (κ1) is 18.9. The van der Waals surface area contributed by atoms with Crippen molar-refractivity contribution in [3.63, 3.8) is 0 Å². The van der Waals surface area contributed by atoms with Crippen LogP contribution in [0.2, 0.25) is 0 Å². The van der Waals surface area contributed by atoms with E-state index in [0.29, 0.717) is 6.04 Å². The Morgan fingerprint density at radius 3 is 2.37 bits per heavy atom. The molecule has 1 fully saturated rings. The van der Waals surface area contributed by atoms with E-state index in [1.54, 1.807) is 0 Å². The van der Waals surface area contributed by atoms with E-state index >= 15 is 0 Å². The van der Waals surface area contributed by atoms with Crippen LogP contribution in [-0.4, -0.2) is 41.8 Å². The number of carboxylic acid groups (broad SMARTS) is 2. The highest BCUT2D eigenvalue weighted by molar-refractivity contribution is 6.27. The van der Waals surface area contributed by atoms with Crippen molar-refractivity contribution in [1.29, 1.82) is 0 Å². The average molecular weight is 370 g/mol. The molecule has 1 saturated heterocycles. The molecule has 0 amide bonds. The summed E-state index contributed by atoms with van der Waals surface area (Å²) in [5, 5.41) is 20.2. The maximum Gasteiger partial charge on any atom is 0.414 e. The third kappa shape index (κ3) is 4.10. The van der Waals surface area contributed by atoms with Crippen LogP contribution >= 0.6 is 0 Å². The zero-order valence-electron chi connectivity index (χ0n) is 15.0. The Balaban J connectivity index is 0.000000307. The molecule has 2 aliphatic rings. The van der Waals surface area contributed by atoms with Gasteiger partial charge in [-0.1, -0.05) is 42.5 Å². The monoisotopic (exact) mass is 370 g/mol. The van der Waals surface area contributed by atoms with Crippen molar-refractivity contribution in [3.05, 3.63) is 65.2 Å². The van der Waals surface area contributed by atoms with Crippen LogP contribution in [0, 0.1) is 0 Å². The molecule has 0 radical (unpaired) electrons. The summed E-state index contributed by atoms with van der Waals surface area (Å²) in [6, 6.07) is 17.7. The van der Waals surface area contributed by atoms with Gasteiger partial charge in [-0.2, -0.15) is 0 Å². The number of likely N-dealkylation sites (N-methyl/N-ethyl adjacent to an activating group) is 1. The van der Waals surface area contributed by atoms with E-state index in [-0.39, 0.29) is 6.10 Å². The predicted octanol–water partition coefficient (Wildman–Crippen LogP) is 2.22. The van der Waals surface area contributed by atoms with Crippen molar-refractivity contribution in [2.45, 2.75) is 25.0 Å². The molecule has 0 bridgehead atoms. The van der Waals surface area contributed by atoms with Crippen LogP contribution in [0.3, 0.4) is 0 Å². The van der Waals surface area contributed by atoms with E-state index in [0.717, 1.165) is 19.4 Å². The molecule has 142 valence electrons. The summed E-state index contributed by atoms with van der Waals surface area (Å²) in [6.07, 6.45) is 2.25. The van der Waals surface area contributed by atoms with Gasteiger partial charge in [0.15, 0.2) is 0 Å². The van der Waals surface area contributed by atoms with Crippen LogP contribution in [-0.2, 0) is 20.8 Å². The van der Waals surface area contributed by atoms with Gasteiger partial charge in [-0.15, -0.1) is 0 Å². The summed E-state index contributed by atoms with van der Waals surface area (Å²) in [5.41, 5.74) is 5.40. The summed E-state index contributed by atoms with van der Waals surface area (Å²) in [5.74, 6) is -3.65. The van der Waals surface area contributed by atoms with Gasteiger partial charge in [0.25, 0.3) is 0 Å². The fourth-order valence-corrected chi connectivity index (χ4v) is 3.55. The van der Waals surface area contributed by atoms with Gasteiger partial charge >= 0.3 is 11.9 Å². The normalized spacial score (nSPS) is 19.7. The van der Waals surface area contributed by atoms with Crippen molar-refractivity contribution in [1.82, 2.24) is 5.32 Å². The highest BCUT2D eigenvalue weighted by Crippen LogP contribution is 2.43. The lowest BCUT2D eigenvalue weighted by atomic mass is 9.95. The van der Waals surface area contributed by atoms with E-state index in [1.807, 2.05) is 7.05 Å². The molecule has 7 nitrogen and oxygen atoms in total. The number of rotatable bonds is 2. The average Bonchev–Trinajstić information content (AvgIpc) is 3.01. The number of fused-ring (bicyclic) bond motifs is 5. The first-order chi connectivity index (χ1) is 13.0. The second-order valence-corrected chi connectivity index (χ2v) is 6.48. The van der Waals surface area contributed by atoms with Gasteiger partial charge in [-0.25, -0.2) is 14.7 Å². The van der Waals surface area contributed by atoms with Crippen molar-refractivity contribution in [2.75, 3.05) is 18.7 Å². The Morgan fingerprint density at radius 1 is 1.07 bits per heavy atom. The maximum absolute atomic E-state index is 9.10. The smallest absolute Gasteiger partial charge is 0.414 e. The number of aliphatic carboxylic acids is 2. The van der Waals surface area contributed by atoms with Gasteiger partial charge in [-0.3, -0.25) is 4.84 Å². The number of para-hydroxylation sites is 1. The summed E-state index contributed by atoms with van der Waals surface area (Å²) < 4.78 is 0. The lowest BCUT2D eigenvalue weighted by Crippen LogP contribution is -2.26. The lowest BCUT2D eigenvalue weighted by Gasteiger charge is -2.25. The van der Waals surface area contributed by atoms with Gasteiger partial charge in [0.2, 0.25) is 0 Å². The van der Waals surface area contributed by atoms with Crippen molar-refractivity contribution in [3.8, 4) is 0 Å². The molecule has 3 N–H and O–H groups in total. The number of carboxylic acids is 2. The second-order valence-electron chi connectivity index (χ2n) is 6.48. The van der Waals surface area contributed by atoms with E-state index in [4.69, 9.17) is 24.6 Å². The standard InChI is InChI=1S/C18H20N2O.C2H2O4/c1-19-12-15-11-18-16-8-4-2-6-13(16)10-14-7-3-5-9-17(14)20(18)21-15;3-1(4)2(5)6/h2-9,15,18-19H,10-12H2,1H3;(H,3,4)(H,5,6)/t15-,18-;/m1./s1. The minimum Gasteiger partial charge on any atom is -0.473 e. The van der Waals surface area contributed by atoms with Crippen molar-refractivity contribution < 1.29 is 24.6 Å². The third-order valence-electron chi connectivity index (χ3n) is 4.67. The van der Waals surface area contributed by atoms with Crippen LogP contribution in [0.1, 0.15) is 29.2 Å². The van der Waals surface area contributed by atoms with Gasteiger partial charge in [0.1, 0.15) is 6.10 Å². The Bertz CT molecular complexity index is 773. The first-order valence-corrected chi connectivity index (χ1v) is 8.73. The molecule has 2 aromatic carbocycles. The Hall–Kier alpha value is -2.90. The number of hydrogen-bond acceptors (Lipinski definition) is 5. The highest BCUT2D eigenvalue weighted by atomic mass is 16.7. The van der Waals surface area contributed by atoms with Crippen molar-refractivity contribution in [2.24, 2.45) is 0 Å². The number of carbonyl (C=O) groups is 2. The molecule has 4 rings (SSSR count). The third-order valence-corrected chi connectivity index (χ3v) is 4.67. The van der Waals surface area contributed by atoms with E-state index in [1.165, 1.54) is 22.4 Å². The fraction of sp³-hybridized carbons (Fsp3) is 0.300. The van der Waals surface area contributed by atoms with Crippen molar-refractivity contribution >= 4 is 17.6 Å². The number of nitrogens with zero attached hydrogens (tertiary/aromatic N) is 1. The zero-order valence-corrected chi connectivity index (χ0v) is 15.0. The molecule has 0 aliphatic carbocycles. The van der Waals surface area contributed by atoms with Crippen LogP contribution < -0.4 is 10.4 Å². The van der Waals surface area contributed by atoms with Gasteiger partial charge < -0.3 is 15.5 Å². The fourth-order valence-electron chi connectivity index (χ4n) is 3.55. The number of benzene rings is 2. The van der Waals surface area contributed by atoms with E-state index < -0.39 is 11.9 Å². The summed E-state index contributed by atoms with van der Waals surface area (Å²) in [4.78, 5) is 24.4. The molecule has 2 atom stereocenters. The van der Waals surface area contributed by atoms with Gasteiger partial charge in [0, 0.05) is 13.0 Å². The van der Waals surface area contributed by atoms with E-state index in [9.17, 15) is 0 Å². The van der Waals surface area contributed by atoms with Gasteiger partial charge in [-0.05, 0) is 36.2 Å². The molecule has 2 heterocycles. The summed E-state index contributed by atoms with van der Waals surface area (Å²) >= 11 is 0. The molecule has 27 heavy (non-hydrogen) atoms. The zero-order chi connectivity index (χ0) is 19.4. The summed E-state index contributed by atoms with van der Waals surface area (Å²) in [7, 11) is 1.98. The second kappa shape index (κ2) is 8.20. The lowest BCUT2D eigenvalue weighted by molar-refractivity contribution is -0.159. The largest absolute Gasteiger partial charge is 0.473 e. The Morgan fingerprint density at radius 2 is 1.70 bits per heavy atom. The molecular weight excluding hydrogens is 348 g/mol. The minimum atomic E-state index is -1.82. The number of anilines is 1. The maximum atomic E-state index is 9.10. The molecule has 0 spiro atoms. The highest BCUT2D eigenvalue weighted by Gasteiger charge is 2.38. The Labute approximate surface area is 157 Å². The van der Waals surface area contributed by atoms with Gasteiger partial charge in [0.05, 0.1) is 11.7 Å². The molecule has 0 saturated carbocycles. The molecular formula is C20H22N2O5.